The van der Waals surface area contributed by atoms with Gasteiger partial charge in [-0.05, 0) is 25.5 Å². The van der Waals surface area contributed by atoms with E-state index in [1.54, 1.807) is 25.2 Å². The first-order valence-electron chi connectivity index (χ1n) is 6.12. The van der Waals surface area contributed by atoms with Gasteiger partial charge in [-0.3, -0.25) is 14.8 Å². The fourth-order valence-electron chi connectivity index (χ4n) is 2.30. The quantitative estimate of drug-likeness (QED) is 0.852. The summed E-state index contributed by atoms with van der Waals surface area (Å²) in [7, 11) is 3.61. The molecule has 1 fully saturated rings. The van der Waals surface area contributed by atoms with Crippen LogP contribution < -0.4 is 0 Å². The number of hydrogen-bond donors (Lipinski definition) is 1. The number of likely N-dealkylation sites (N-methyl/N-ethyl adjacent to an activating group) is 1. The molecule has 0 spiro atoms. The Morgan fingerprint density at radius 1 is 1.59 bits per heavy atom. The van der Waals surface area contributed by atoms with Gasteiger partial charge in [-0.25, -0.2) is 0 Å². The summed E-state index contributed by atoms with van der Waals surface area (Å²) in [6, 6.07) is 2.32. The van der Waals surface area contributed by atoms with Gasteiger partial charge >= 0.3 is 0 Å². The van der Waals surface area contributed by atoms with E-state index in [2.05, 4.69) is 15.1 Å². The lowest BCUT2D eigenvalue weighted by atomic mass is 9.99. The zero-order valence-electron chi connectivity index (χ0n) is 10.5. The molecule has 17 heavy (non-hydrogen) atoms. The molecule has 0 aliphatic carbocycles. The Morgan fingerprint density at radius 2 is 2.41 bits per heavy atom. The van der Waals surface area contributed by atoms with Crippen molar-refractivity contribution in [2.45, 2.75) is 25.3 Å². The van der Waals surface area contributed by atoms with E-state index in [4.69, 9.17) is 0 Å². The summed E-state index contributed by atoms with van der Waals surface area (Å²) in [4.78, 5) is 15.7. The lowest BCUT2D eigenvalue weighted by Gasteiger charge is -2.34. The molecule has 0 radical (unpaired) electrons. The molecule has 0 unspecified atom stereocenters. The van der Waals surface area contributed by atoms with Crippen LogP contribution >= 0.6 is 0 Å². The summed E-state index contributed by atoms with van der Waals surface area (Å²) in [5, 5.41) is 7.02. The van der Waals surface area contributed by atoms with Crippen molar-refractivity contribution < 1.29 is 4.79 Å². The molecule has 1 amide bonds. The number of nitrogens with one attached hydrogen (secondary N) is 1. The highest BCUT2D eigenvalue weighted by atomic mass is 16.2. The Hall–Kier alpha value is -1.36. The monoisotopic (exact) mass is 236 g/mol. The molecule has 5 nitrogen and oxygen atoms in total. The normalized spacial score (nSPS) is 21.4. The van der Waals surface area contributed by atoms with Gasteiger partial charge in [-0.2, -0.15) is 5.10 Å². The van der Waals surface area contributed by atoms with Crippen LogP contribution in [0.3, 0.4) is 0 Å². The molecular weight excluding hydrogens is 216 g/mol. The van der Waals surface area contributed by atoms with Crippen molar-refractivity contribution in [2.75, 3.05) is 27.2 Å². The Balaban J connectivity index is 2.05. The standard InChI is InChI=1S/C12H20N4O/c1-15(2)12(17)9-16-8-4-3-5-11(16)10-6-7-13-14-10/h6-7,11H,3-5,8-9H2,1-2H3,(H,13,14)/t11-/m0/s1. The van der Waals surface area contributed by atoms with Crippen LogP contribution in [0.25, 0.3) is 0 Å². The van der Waals surface area contributed by atoms with Gasteiger partial charge in [0.15, 0.2) is 0 Å². The molecule has 5 heteroatoms. The van der Waals surface area contributed by atoms with Gasteiger partial charge in [0.1, 0.15) is 0 Å². The van der Waals surface area contributed by atoms with Crippen LogP contribution in [0, 0.1) is 0 Å². The van der Waals surface area contributed by atoms with Crippen molar-refractivity contribution in [3.05, 3.63) is 18.0 Å². The van der Waals surface area contributed by atoms with Gasteiger partial charge in [0, 0.05) is 20.3 Å². The van der Waals surface area contributed by atoms with Crippen molar-refractivity contribution in [2.24, 2.45) is 0 Å². The Kier molecular flexibility index (Phi) is 3.78. The van der Waals surface area contributed by atoms with Crippen molar-refractivity contribution >= 4 is 5.91 Å². The highest BCUT2D eigenvalue weighted by Crippen LogP contribution is 2.29. The third kappa shape index (κ3) is 2.85. The second-order valence-corrected chi connectivity index (χ2v) is 4.78. The number of carbonyl (C=O) groups is 1. The van der Waals surface area contributed by atoms with Crippen LogP contribution in [0.2, 0.25) is 0 Å². The molecule has 1 saturated heterocycles. The largest absolute Gasteiger partial charge is 0.348 e. The van der Waals surface area contributed by atoms with Gasteiger partial charge in [0.25, 0.3) is 0 Å². The van der Waals surface area contributed by atoms with Crippen LogP contribution in [0.15, 0.2) is 12.3 Å². The molecule has 94 valence electrons. The molecule has 0 aromatic carbocycles. The summed E-state index contributed by atoms with van der Waals surface area (Å²) in [6.45, 7) is 1.49. The molecule has 1 aromatic rings. The maximum absolute atomic E-state index is 11.8. The maximum atomic E-state index is 11.8. The Labute approximate surface area is 102 Å². The number of hydrogen-bond acceptors (Lipinski definition) is 3. The highest BCUT2D eigenvalue weighted by Gasteiger charge is 2.26. The van der Waals surface area contributed by atoms with Gasteiger partial charge in [0.05, 0.1) is 18.3 Å². The molecule has 1 atom stereocenters. The predicted octanol–water partition coefficient (Wildman–Crippen LogP) is 1.02. The number of aromatic amines is 1. The second kappa shape index (κ2) is 5.31. The lowest BCUT2D eigenvalue weighted by molar-refractivity contribution is -0.130. The fraction of sp³-hybridized carbons (Fsp3) is 0.667. The second-order valence-electron chi connectivity index (χ2n) is 4.78. The van der Waals surface area contributed by atoms with Crippen LogP contribution in [-0.4, -0.2) is 53.1 Å². The van der Waals surface area contributed by atoms with E-state index >= 15 is 0 Å². The molecule has 1 aliphatic rings. The predicted molar refractivity (Wildman–Crippen MR) is 65.4 cm³/mol. The molecule has 2 heterocycles. The van der Waals surface area contributed by atoms with Crippen molar-refractivity contribution in [3.8, 4) is 0 Å². The zero-order chi connectivity index (χ0) is 12.3. The van der Waals surface area contributed by atoms with Gasteiger partial charge < -0.3 is 4.90 Å². The number of nitrogens with zero attached hydrogens (tertiary/aromatic N) is 3. The van der Waals surface area contributed by atoms with Gasteiger partial charge in [0.2, 0.25) is 5.91 Å². The third-order valence-electron chi connectivity index (χ3n) is 3.33. The smallest absolute Gasteiger partial charge is 0.236 e. The van der Waals surface area contributed by atoms with E-state index in [1.807, 2.05) is 6.07 Å². The van der Waals surface area contributed by atoms with Crippen molar-refractivity contribution in [3.63, 3.8) is 0 Å². The molecule has 1 aromatic heterocycles. The van der Waals surface area contributed by atoms with Crippen LogP contribution in [0.5, 0.6) is 0 Å². The number of aromatic nitrogens is 2. The minimum Gasteiger partial charge on any atom is -0.348 e. The summed E-state index contributed by atoms with van der Waals surface area (Å²) < 4.78 is 0. The number of carbonyl (C=O) groups excluding carboxylic acids is 1. The first-order valence-corrected chi connectivity index (χ1v) is 6.12. The van der Waals surface area contributed by atoms with Gasteiger partial charge in [-0.1, -0.05) is 6.42 Å². The van der Waals surface area contributed by atoms with Crippen LogP contribution in [0.4, 0.5) is 0 Å². The van der Waals surface area contributed by atoms with E-state index in [1.165, 1.54) is 12.8 Å². The van der Waals surface area contributed by atoms with Gasteiger partial charge in [-0.15, -0.1) is 0 Å². The maximum Gasteiger partial charge on any atom is 0.236 e. The number of H-pyrrole nitrogens is 1. The SMILES string of the molecule is CN(C)C(=O)CN1CCCC[C@H]1c1ccn[nH]1. The highest BCUT2D eigenvalue weighted by molar-refractivity contribution is 5.77. The van der Waals surface area contributed by atoms with E-state index in [-0.39, 0.29) is 5.91 Å². The minimum atomic E-state index is 0.163. The number of rotatable bonds is 3. The first kappa shape index (κ1) is 12.1. The summed E-state index contributed by atoms with van der Waals surface area (Å²) in [6.07, 6.45) is 5.26. The first-order chi connectivity index (χ1) is 8.18. The molecule has 0 saturated carbocycles. The topological polar surface area (TPSA) is 52.2 Å². The third-order valence-corrected chi connectivity index (χ3v) is 3.33. The fourth-order valence-corrected chi connectivity index (χ4v) is 2.30. The molecule has 1 aliphatic heterocycles. The molecule has 2 rings (SSSR count). The molecule has 1 N–H and O–H groups in total. The van der Waals surface area contributed by atoms with Crippen molar-refractivity contribution in [1.82, 2.24) is 20.0 Å². The van der Waals surface area contributed by atoms with Crippen LogP contribution in [-0.2, 0) is 4.79 Å². The average molecular weight is 236 g/mol. The van der Waals surface area contributed by atoms with Crippen molar-refractivity contribution in [1.29, 1.82) is 0 Å². The summed E-state index contributed by atoms with van der Waals surface area (Å²) in [5.41, 5.74) is 1.12. The minimum absolute atomic E-state index is 0.163. The van der Waals surface area contributed by atoms with Crippen LogP contribution in [0.1, 0.15) is 31.0 Å². The average Bonchev–Trinajstić information content (AvgIpc) is 2.83. The summed E-state index contributed by atoms with van der Waals surface area (Å²) >= 11 is 0. The molecule has 0 bridgehead atoms. The molecular formula is C12H20N4O. The van der Waals surface area contributed by atoms with E-state index in [0.29, 0.717) is 12.6 Å². The zero-order valence-corrected chi connectivity index (χ0v) is 10.5. The number of amides is 1. The van der Waals surface area contributed by atoms with E-state index < -0.39 is 0 Å². The number of likely N-dealkylation sites (tertiary alicyclic amines) is 1. The summed E-state index contributed by atoms with van der Waals surface area (Å²) in [5.74, 6) is 0.163. The Morgan fingerprint density at radius 3 is 3.06 bits per heavy atom. The Bertz CT molecular complexity index is 361. The number of piperidine rings is 1. The van der Waals surface area contributed by atoms with E-state index in [0.717, 1.165) is 18.7 Å². The van der Waals surface area contributed by atoms with E-state index in [9.17, 15) is 4.79 Å². The lowest BCUT2D eigenvalue weighted by Crippen LogP contribution is -2.41.